The van der Waals surface area contributed by atoms with E-state index in [4.69, 9.17) is 0 Å². The van der Waals surface area contributed by atoms with Gasteiger partial charge in [0, 0.05) is 5.69 Å². The highest BCUT2D eigenvalue weighted by Crippen LogP contribution is 2.08. The first kappa shape index (κ1) is 12.0. The molecule has 0 aromatic heterocycles. The third kappa shape index (κ3) is 3.01. The monoisotopic (exact) mass is 240 g/mol. The van der Waals surface area contributed by atoms with E-state index in [0.29, 0.717) is 17.0 Å². The summed E-state index contributed by atoms with van der Waals surface area (Å²) in [4.78, 5) is 26.7. The predicted octanol–water partition coefficient (Wildman–Crippen LogP) is 2.74. The Balaban J connectivity index is 2.08. The molecular weight excluding hydrogens is 228 g/mol. The third-order valence-electron chi connectivity index (χ3n) is 2.41. The molecule has 4 nitrogen and oxygen atoms in total. The lowest BCUT2D eigenvalue weighted by molar-refractivity contribution is -0.111. The van der Waals surface area contributed by atoms with Crippen LogP contribution in [0.15, 0.2) is 59.1 Å². The number of para-hydroxylation sites is 1. The van der Waals surface area contributed by atoms with E-state index in [1.807, 2.05) is 18.2 Å². The van der Waals surface area contributed by atoms with Crippen LogP contribution in [0.2, 0.25) is 0 Å². The van der Waals surface area contributed by atoms with Crippen molar-refractivity contribution in [2.75, 3.05) is 5.32 Å². The van der Waals surface area contributed by atoms with Crippen LogP contribution in [0.5, 0.6) is 0 Å². The molecule has 0 spiro atoms. The zero-order valence-corrected chi connectivity index (χ0v) is 9.88. The summed E-state index contributed by atoms with van der Waals surface area (Å²) in [5.74, 6) is -0.0579. The Hall–Kier alpha value is -2.49. The number of anilines is 1. The van der Waals surface area contributed by atoms with Crippen LogP contribution >= 0.6 is 0 Å². The van der Waals surface area contributed by atoms with Gasteiger partial charge in [0.1, 0.15) is 0 Å². The van der Waals surface area contributed by atoms with Gasteiger partial charge in [0.15, 0.2) is 5.78 Å². The van der Waals surface area contributed by atoms with Crippen molar-refractivity contribution in [3.8, 4) is 0 Å². The normalized spacial score (nSPS) is 16.6. The van der Waals surface area contributed by atoms with Gasteiger partial charge in [0.05, 0.1) is 5.71 Å². The van der Waals surface area contributed by atoms with E-state index < -0.39 is 6.03 Å². The summed E-state index contributed by atoms with van der Waals surface area (Å²) in [6.45, 7) is 1.69. The van der Waals surface area contributed by atoms with E-state index >= 15 is 0 Å². The van der Waals surface area contributed by atoms with Crippen LogP contribution in [0.1, 0.15) is 6.92 Å². The Morgan fingerprint density at radius 1 is 1.17 bits per heavy atom. The summed E-state index contributed by atoms with van der Waals surface area (Å²) in [6, 6.07) is 8.61. The Morgan fingerprint density at radius 2 is 1.89 bits per heavy atom. The van der Waals surface area contributed by atoms with Gasteiger partial charge in [-0.1, -0.05) is 18.2 Å². The topological polar surface area (TPSA) is 58.5 Å². The molecule has 1 aliphatic rings. The predicted molar refractivity (Wildman–Crippen MR) is 70.8 cm³/mol. The largest absolute Gasteiger partial charge is 0.345 e. The molecule has 0 saturated heterocycles. The molecule has 1 N–H and O–H groups in total. The Morgan fingerprint density at radius 3 is 2.56 bits per heavy atom. The van der Waals surface area contributed by atoms with Crippen molar-refractivity contribution in [1.29, 1.82) is 0 Å². The first-order valence-corrected chi connectivity index (χ1v) is 5.50. The zero-order chi connectivity index (χ0) is 13.0. The summed E-state index contributed by atoms with van der Waals surface area (Å²) in [7, 11) is 0. The average molecular weight is 240 g/mol. The maximum atomic E-state index is 11.6. The number of nitrogens with one attached hydrogen (secondary N) is 1. The number of hydrogen-bond donors (Lipinski definition) is 1. The van der Waals surface area contributed by atoms with Crippen molar-refractivity contribution in [3.05, 3.63) is 54.1 Å². The number of rotatable bonds is 1. The first-order chi connectivity index (χ1) is 8.65. The number of allylic oxidation sites excluding steroid dienone is 4. The molecule has 90 valence electrons. The maximum absolute atomic E-state index is 11.6. The number of carbonyl (C=O) groups excluding carboxylic acids is 2. The van der Waals surface area contributed by atoms with E-state index in [9.17, 15) is 9.59 Å². The maximum Gasteiger partial charge on any atom is 0.345 e. The van der Waals surface area contributed by atoms with Gasteiger partial charge in [-0.2, -0.15) is 4.99 Å². The van der Waals surface area contributed by atoms with E-state index in [-0.39, 0.29) is 5.78 Å². The lowest BCUT2D eigenvalue weighted by Gasteiger charge is -2.04. The number of urea groups is 1. The molecule has 0 aliphatic heterocycles. The second-order valence-corrected chi connectivity index (χ2v) is 3.86. The molecule has 0 atom stereocenters. The number of carbonyl (C=O) groups is 2. The minimum atomic E-state index is -0.459. The van der Waals surface area contributed by atoms with Crippen molar-refractivity contribution in [2.24, 2.45) is 4.99 Å². The fraction of sp³-hybridized carbons (Fsp3) is 0.0714. The number of nitrogens with zero attached hydrogens (tertiary/aromatic N) is 1. The van der Waals surface area contributed by atoms with E-state index in [1.165, 1.54) is 12.2 Å². The van der Waals surface area contributed by atoms with E-state index in [1.54, 1.807) is 25.1 Å². The van der Waals surface area contributed by atoms with Crippen LogP contribution in [-0.4, -0.2) is 17.5 Å². The Labute approximate surface area is 105 Å². The van der Waals surface area contributed by atoms with Crippen molar-refractivity contribution in [1.82, 2.24) is 0 Å². The van der Waals surface area contributed by atoms with Crippen LogP contribution in [0.25, 0.3) is 0 Å². The SMILES string of the molecule is CC1=CC(=NC(=O)Nc2ccccc2)C=CC1=O. The van der Waals surface area contributed by atoms with Crippen LogP contribution in [-0.2, 0) is 4.79 Å². The fourth-order valence-corrected chi connectivity index (χ4v) is 1.49. The summed E-state index contributed by atoms with van der Waals surface area (Å²) < 4.78 is 0. The number of benzene rings is 1. The molecule has 2 amide bonds. The minimum Gasteiger partial charge on any atom is -0.306 e. The highest BCUT2D eigenvalue weighted by Gasteiger charge is 2.08. The van der Waals surface area contributed by atoms with Crippen molar-refractivity contribution in [2.45, 2.75) is 6.92 Å². The highest BCUT2D eigenvalue weighted by atomic mass is 16.2. The number of ketones is 1. The van der Waals surface area contributed by atoms with Crippen LogP contribution in [0, 0.1) is 0 Å². The molecule has 0 bridgehead atoms. The molecule has 1 aromatic rings. The lowest BCUT2D eigenvalue weighted by Crippen LogP contribution is -2.11. The first-order valence-electron chi connectivity index (χ1n) is 5.50. The van der Waals surface area contributed by atoms with Gasteiger partial charge >= 0.3 is 6.03 Å². The number of hydrogen-bond acceptors (Lipinski definition) is 2. The Kier molecular flexibility index (Phi) is 3.48. The molecule has 0 fully saturated rings. The van der Waals surface area contributed by atoms with Crippen molar-refractivity contribution in [3.63, 3.8) is 0 Å². The minimum absolute atomic E-state index is 0.0579. The van der Waals surface area contributed by atoms with Gasteiger partial charge in [-0.3, -0.25) is 4.79 Å². The number of aliphatic imine (C=N–C) groups is 1. The molecule has 1 aromatic carbocycles. The zero-order valence-electron chi connectivity index (χ0n) is 9.88. The molecule has 0 heterocycles. The quantitative estimate of drug-likeness (QED) is 0.767. The molecule has 0 saturated carbocycles. The highest BCUT2D eigenvalue weighted by molar-refractivity contribution is 6.21. The van der Waals surface area contributed by atoms with Gasteiger partial charge in [-0.15, -0.1) is 0 Å². The molecule has 0 unspecified atom stereocenters. The smallest absolute Gasteiger partial charge is 0.306 e. The number of amides is 2. The molecule has 4 heteroatoms. The van der Waals surface area contributed by atoms with Gasteiger partial charge in [0.25, 0.3) is 0 Å². The third-order valence-corrected chi connectivity index (χ3v) is 2.41. The average Bonchev–Trinajstić information content (AvgIpc) is 2.35. The van der Waals surface area contributed by atoms with Gasteiger partial charge in [-0.25, -0.2) is 4.79 Å². The van der Waals surface area contributed by atoms with Gasteiger partial charge in [-0.05, 0) is 42.9 Å². The summed E-state index contributed by atoms with van der Waals surface area (Å²) in [5, 5.41) is 2.64. The van der Waals surface area contributed by atoms with Crippen molar-refractivity contribution >= 4 is 23.2 Å². The summed E-state index contributed by atoms with van der Waals surface area (Å²) in [6.07, 6.45) is 4.52. The van der Waals surface area contributed by atoms with Crippen molar-refractivity contribution < 1.29 is 9.59 Å². The molecular formula is C14H12N2O2. The molecule has 0 radical (unpaired) electrons. The summed E-state index contributed by atoms with van der Waals surface area (Å²) in [5.41, 5.74) is 1.73. The second-order valence-electron chi connectivity index (χ2n) is 3.86. The fourth-order valence-electron chi connectivity index (χ4n) is 1.49. The molecule has 2 rings (SSSR count). The molecule has 1 aliphatic carbocycles. The lowest BCUT2D eigenvalue weighted by atomic mass is 10.1. The van der Waals surface area contributed by atoms with Gasteiger partial charge < -0.3 is 5.32 Å². The molecule has 18 heavy (non-hydrogen) atoms. The van der Waals surface area contributed by atoms with E-state index in [0.717, 1.165) is 0 Å². The Bertz CT molecular complexity index is 569. The van der Waals surface area contributed by atoms with E-state index in [2.05, 4.69) is 10.3 Å². The van der Waals surface area contributed by atoms with Crippen LogP contribution < -0.4 is 5.32 Å². The van der Waals surface area contributed by atoms with Crippen LogP contribution in [0.3, 0.4) is 0 Å². The van der Waals surface area contributed by atoms with Gasteiger partial charge in [0.2, 0.25) is 0 Å². The van der Waals surface area contributed by atoms with Crippen LogP contribution in [0.4, 0.5) is 10.5 Å². The second kappa shape index (κ2) is 5.23. The summed E-state index contributed by atoms with van der Waals surface area (Å²) >= 11 is 0. The standard InChI is InChI=1S/C14H12N2O2/c1-10-9-12(7-8-13(10)17)16-14(18)15-11-5-3-2-4-6-11/h2-9H,1H3,(H,15,18).